The highest BCUT2D eigenvalue weighted by Crippen LogP contribution is 2.48. The third-order valence-electron chi connectivity index (χ3n) is 11.1. The van der Waals surface area contributed by atoms with Crippen molar-refractivity contribution >= 4 is 41.6 Å². The van der Waals surface area contributed by atoms with Gasteiger partial charge in [0.25, 0.3) is 5.91 Å². The van der Waals surface area contributed by atoms with Gasteiger partial charge in [0.15, 0.2) is 12.4 Å². The molecule has 68 heavy (non-hydrogen) atoms. The van der Waals surface area contributed by atoms with E-state index in [0.29, 0.717) is 27.8 Å². The van der Waals surface area contributed by atoms with Crippen LogP contribution in [0.15, 0.2) is 97.1 Å². The Morgan fingerprint density at radius 3 is 2.13 bits per heavy atom. The van der Waals surface area contributed by atoms with Crippen LogP contribution in [0.25, 0.3) is 11.1 Å². The third-order valence-corrected chi connectivity index (χ3v) is 11.1. The molecule has 5 atom stereocenters. The maximum absolute atomic E-state index is 14.1. The van der Waals surface area contributed by atoms with Crippen LogP contribution in [0.4, 0.5) is 15.3 Å². The summed E-state index contributed by atoms with van der Waals surface area (Å²) in [5, 5.41) is 32.2. The van der Waals surface area contributed by atoms with Crippen LogP contribution in [0.2, 0.25) is 0 Å². The first kappa shape index (κ1) is 50.4. The quantitative estimate of drug-likeness (QED) is 0.0465. The fraction of sp³-hybridized carbons (Fsp3) is 0.388. The molecule has 0 saturated carbocycles. The van der Waals surface area contributed by atoms with E-state index in [9.17, 15) is 39.0 Å². The number of fused-ring (bicyclic) bond motifs is 1. The van der Waals surface area contributed by atoms with Gasteiger partial charge in [-0.25, -0.2) is 14.4 Å². The topological polar surface area (TPSA) is 264 Å². The van der Waals surface area contributed by atoms with E-state index in [1.54, 1.807) is 120 Å². The SMILES string of the molecule is COCOc1ccc(C[C@H](NC(=O)OC(C)(C)C)C(=O)N[C@@H](CC(N)=O)C(=O)OCc2ccccc2)cc1-c1cccc2c1NC(=O)[C@@]2(O)[C@H](O)[C@H]1COC(C)(C)N1C(=O)OCc1ccccc1. The minimum atomic E-state index is -2.62. The number of aliphatic hydroxyl groups is 2. The molecule has 0 radical (unpaired) electrons. The van der Waals surface area contributed by atoms with Gasteiger partial charge in [0.05, 0.1) is 24.8 Å². The smallest absolute Gasteiger partial charge is 0.412 e. The van der Waals surface area contributed by atoms with E-state index in [1.165, 1.54) is 13.2 Å². The van der Waals surface area contributed by atoms with Crippen molar-refractivity contribution < 1.29 is 67.4 Å². The lowest BCUT2D eigenvalue weighted by molar-refractivity contribution is -0.153. The minimum absolute atomic E-state index is 0.0265. The lowest BCUT2D eigenvalue weighted by Crippen LogP contribution is -2.59. The molecule has 0 unspecified atom stereocenters. The molecule has 4 aromatic rings. The van der Waals surface area contributed by atoms with Crippen LogP contribution in [0.1, 0.15) is 63.3 Å². The van der Waals surface area contributed by atoms with E-state index in [1.807, 2.05) is 6.07 Å². The molecule has 0 spiro atoms. The predicted octanol–water partition coefficient (Wildman–Crippen LogP) is 4.15. The molecular weight excluding hydrogens is 883 g/mol. The summed E-state index contributed by atoms with van der Waals surface area (Å²) in [5.41, 5.74) is 3.05. The zero-order valence-corrected chi connectivity index (χ0v) is 38.6. The number of rotatable bonds is 18. The molecule has 1 fully saturated rings. The van der Waals surface area contributed by atoms with Crippen molar-refractivity contribution in [1.82, 2.24) is 15.5 Å². The number of benzene rings is 4. The second-order valence-corrected chi connectivity index (χ2v) is 17.7. The molecule has 5 amide bonds. The molecule has 2 aliphatic rings. The van der Waals surface area contributed by atoms with Gasteiger partial charge in [-0.05, 0) is 63.4 Å². The van der Waals surface area contributed by atoms with Gasteiger partial charge >= 0.3 is 18.2 Å². The number of alkyl carbamates (subject to hydrolysis) is 1. The van der Waals surface area contributed by atoms with Gasteiger partial charge in [0.1, 0.15) is 48.5 Å². The highest BCUT2D eigenvalue weighted by atomic mass is 16.7. The molecule has 0 bridgehead atoms. The van der Waals surface area contributed by atoms with Crippen LogP contribution in [0.3, 0.4) is 0 Å². The molecule has 19 nitrogen and oxygen atoms in total. The number of aliphatic hydroxyl groups excluding tert-OH is 1. The molecule has 2 heterocycles. The summed E-state index contributed by atoms with van der Waals surface area (Å²) < 4.78 is 33.5. The number of carbonyl (C=O) groups is 6. The maximum atomic E-state index is 14.1. The molecule has 0 aromatic heterocycles. The largest absolute Gasteiger partial charge is 0.467 e. The molecule has 4 aromatic carbocycles. The number of anilines is 1. The normalized spacial score (nSPS) is 18.6. The number of para-hydroxylation sites is 1. The Morgan fingerprint density at radius 2 is 1.51 bits per heavy atom. The molecular formula is C49H57N5O14. The van der Waals surface area contributed by atoms with E-state index in [2.05, 4.69) is 16.0 Å². The number of amides is 5. The van der Waals surface area contributed by atoms with E-state index in [4.69, 9.17) is 34.2 Å². The van der Waals surface area contributed by atoms with Gasteiger partial charge in [0.2, 0.25) is 11.8 Å². The van der Waals surface area contributed by atoms with Gasteiger partial charge in [-0.3, -0.25) is 19.3 Å². The van der Waals surface area contributed by atoms with Gasteiger partial charge in [0, 0.05) is 30.2 Å². The summed E-state index contributed by atoms with van der Waals surface area (Å²) >= 11 is 0. The number of nitrogens with one attached hydrogen (secondary N) is 3. The Kier molecular flexibility index (Phi) is 15.8. The summed E-state index contributed by atoms with van der Waals surface area (Å²) in [6.45, 7) is 7.40. The van der Waals surface area contributed by atoms with Crippen LogP contribution in [0.5, 0.6) is 5.75 Å². The van der Waals surface area contributed by atoms with Crippen LogP contribution >= 0.6 is 0 Å². The number of primary amides is 1. The molecule has 1 saturated heterocycles. The van der Waals surface area contributed by atoms with Crippen molar-refractivity contribution in [3.05, 3.63) is 119 Å². The highest BCUT2D eigenvalue weighted by molar-refractivity contribution is 6.09. The number of nitrogens with zero attached hydrogens (tertiary/aromatic N) is 1. The second kappa shape index (κ2) is 21.3. The first-order valence-electron chi connectivity index (χ1n) is 21.7. The summed E-state index contributed by atoms with van der Waals surface area (Å²) in [6, 6.07) is 22.9. The molecule has 2 aliphatic heterocycles. The minimum Gasteiger partial charge on any atom is -0.467 e. The number of nitrogens with two attached hydrogens (primary N) is 1. The van der Waals surface area contributed by atoms with Crippen molar-refractivity contribution in [2.45, 2.75) is 102 Å². The fourth-order valence-corrected chi connectivity index (χ4v) is 7.90. The Bertz CT molecular complexity index is 2480. The molecule has 6 rings (SSSR count). The standard InChI is InChI=1S/C49H57N5O14/c1-47(2,3)68-45(60)52-35(42(57)51-36(24-39(50)55)43(58)64-25-29-14-9-7-10-15-29)23-31-20-21-38(66-28-63-6)33(22-31)32-18-13-19-34-40(32)53-44(59)49(34,62)41(56)37-27-67-48(4,5)54(37)46(61)65-26-30-16-11-8-12-17-30/h7-22,35-37,41,56,62H,23-28H2,1-6H3,(H2,50,55)(H,51,57)(H,52,60)(H,53,59)/t35-,36-,37+,41+,49-/m0/s1. The van der Waals surface area contributed by atoms with Crippen molar-refractivity contribution in [3.63, 3.8) is 0 Å². The fourth-order valence-electron chi connectivity index (χ4n) is 7.90. The number of methoxy groups -OCH3 is 1. The molecule has 362 valence electrons. The Hall–Kier alpha value is -7.06. The number of ether oxygens (including phenoxy) is 6. The number of carbonyl (C=O) groups excluding carboxylic acids is 6. The zero-order chi connectivity index (χ0) is 49.4. The second-order valence-electron chi connectivity index (χ2n) is 17.7. The lowest BCUT2D eigenvalue weighted by Gasteiger charge is -2.38. The number of esters is 1. The average Bonchev–Trinajstić information content (AvgIpc) is 3.76. The molecule has 19 heteroatoms. The Labute approximate surface area is 393 Å². The Morgan fingerprint density at radius 1 is 0.868 bits per heavy atom. The predicted molar refractivity (Wildman–Crippen MR) is 244 cm³/mol. The van der Waals surface area contributed by atoms with Crippen LogP contribution in [0, 0.1) is 0 Å². The summed E-state index contributed by atoms with van der Waals surface area (Å²) in [6.07, 6.45) is -4.58. The van der Waals surface area contributed by atoms with E-state index < -0.39 is 83.5 Å². The van der Waals surface area contributed by atoms with Crippen LogP contribution < -0.4 is 26.4 Å². The van der Waals surface area contributed by atoms with Crippen molar-refractivity contribution in [2.24, 2.45) is 5.73 Å². The first-order valence-corrected chi connectivity index (χ1v) is 21.7. The maximum Gasteiger partial charge on any atom is 0.412 e. The van der Waals surface area contributed by atoms with Gasteiger partial charge in [-0.2, -0.15) is 0 Å². The van der Waals surface area contributed by atoms with Crippen molar-refractivity contribution in [2.75, 3.05) is 25.8 Å². The van der Waals surface area contributed by atoms with Gasteiger partial charge in [-0.1, -0.05) is 84.9 Å². The first-order chi connectivity index (χ1) is 32.2. The lowest BCUT2D eigenvalue weighted by atomic mass is 9.83. The number of hydrogen-bond donors (Lipinski definition) is 6. The third kappa shape index (κ3) is 11.9. The molecule has 0 aliphatic carbocycles. The summed E-state index contributed by atoms with van der Waals surface area (Å²) in [4.78, 5) is 81.5. The van der Waals surface area contributed by atoms with E-state index >= 15 is 0 Å². The van der Waals surface area contributed by atoms with Crippen LogP contribution in [-0.4, -0.2) is 107 Å². The number of hydrogen-bond acceptors (Lipinski definition) is 14. The van der Waals surface area contributed by atoms with E-state index in [0.717, 1.165) is 4.90 Å². The molecule has 7 N–H and O–H groups in total. The monoisotopic (exact) mass is 939 g/mol. The van der Waals surface area contributed by atoms with Crippen molar-refractivity contribution in [3.8, 4) is 16.9 Å². The summed E-state index contributed by atoms with van der Waals surface area (Å²) in [5.74, 6) is -3.48. The van der Waals surface area contributed by atoms with Gasteiger partial charge < -0.3 is 60.3 Å². The summed E-state index contributed by atoms with van der Waals surface area (Å²) in [7, 11) is 1.42. The Balaban J connectivity index is 1.31. The average molecular weight is 940 g/mol. The zero-order valence-electron chi connectivity index (χ0n) is 38.6. The van der Waals surface area contributed by atoms with E-state index in [-0.39, 0.29) is 50.0 Å². The van der Waals surface area contributed by atoms with Gasteiger partial charge in [-0.15, -0.1) is 0 Å². The van der Waals surface area contributed by atoms with Crippen molar-refractivity contribution in [1.29, 1.82) is 0 Å². The highest BCUT2D eigenvalue weighted by Gasteiger charge is 2.59. The van der Waals surface area contributed by atoms with Crippen LogP contribution in [-0.2, 0) is 68.1 Å².